The zero-order chi connectivity index (χ0) is 19.7. The molecule has 142 valence electrons. The van der Waals surface area contributed by atoms with Crippen LogP contribution in [0.3, 0.4) is 0 Å². The maximum atomic E-state index is 2.47. The van der Waals surface area contributed by atoms with E-state index < -0.39 is 13.3 Å². The van der Waals surface area contributed by atoms with Gasteiger partial charge in [-0.25, -0.2) is 0 Å². The van der Waals surface area contributed by atoms with Gasteiger partial charge in [-0.3, -0.25) is 0 Å². The van der Waals surface area contributed by atoms with E-state index in [0.717, 1.165) is 0 Å². The summed E-state index contributed by atoms with van der Waals surface area (Å²) in [6.45, 7) is 9.35. The van der Waals surface area contributed by atoms with Crippen molar-refractivity contribution in [3.8, 4) is 0 Å². The molecule has 2 aliphatic carbocycles. The molecule has 2 aliphatic rings. The Morgan fingerprint density at radius 1 is 0.643 bits per heavy atom. The average molecular weight is 427 g/mol. The van der Waals surface area contributed by atoms with E-state index in [9.17, 15) is 0 Å². The molecule has 0 N–H and O–H groups in total. The normalized spacial score (nSPS) is 18.0. The van der Waals surface area contributed by atoms with Crippen LogP contribution in [0.5, 0.6) is 0 Å². The number of allylic oxidation sites excluding steroid dienone is 8. The molecule has 4 rings (SSSR count). The van der Waals surface area contributed by atoms with Crippen LogP contribution in [0.15, 0.2) is 107 Å². The molecular formula is C27H30Ge. The van der Waals surface area contributed by atoms with E-state index in [-0.39, 0.29) is 0 Å². The molecule has 2 aromatic carbocycles. The molecule has 0 atom stereocenters. The van der Waals surface area contributed by atoms with E-state index in [2.05, 4.69) is 113 Å². The molecule has 0 amide bonds. The van der Waals surface area contributed by atoms with Gasteiger partial charge < -0.3 is 0 Å². The average Bonchev–Trinajstić information content (AvgIpc) is 3.34. The fourth-order valence-electron chi connectivity index (χ4n) is 5.22. The molecule has 0 nitrogen and oxygen atoms in total. The second-order valence-electron chi connectivity index (χ2n) is 8.37. The van der Waals surface area contributed by atoms with E-state index in [4.69, 9.17) is 0 Å². The molecule has 0 saturated heterocycles. The fourth-order valence-corrected chi connectivity index (χ4v) is 16.9. The minimum absolute atomic E-state index is 0.548. The van der Waals surface area contributed by atoms with Gasteiger partial charge in [-0.2, -0.15) is 0 Å². The van der Waals surface area contributed by atoms with Crippen molar-refractivity contribution in [3.05, 3.63) is 107 Å². The van der Waals surface area contributed by atoms with Crippen LogP contribution in [0.1, 0.15) is 27.7 Å². The van der Waals surface area contributed by atoms with Gasteiger partial charge in [0.25, 0.3) is 0 Å². The Morgan fingerprint density at radius 2 is 1.07 bits per heavy atom. The fraction of sp³-hybridized carbons (Fsp3) is 0.259. The van der Waals surface area contributed by atoms with Crippen molar-refractivity contribution in [1.29, 1.82) is 0 Å². The molecule has 0 bridgehead atoms. The summed E-state index contributed by atoms with van der Waals surface area (Å²) in [7, 11) is 0. The second-order valence-corrected chi connectivity index (χ2v) is 17.1. The number of benzene rings is 2. The van der Waals surface area contributed by atoms with E-state index in [0.29, 0.717) is 10.7 Å². The van der Waals surface area contributed by atoms with Gasteiger partial charge in [0.2, 0.25) is 0 Å². The van der Waals surface area contributed by atoms with Crippen LogP contribution in [-0.2, 0) is 0 Å². The van der Waals surface area contributed by atoms with Crippen LogP contribution < -0.4 is 8.79 Å². The third-order valence-corrected chi connectivity index (χ3v) is 18.3. The molecule has 0 unspecified atom stereocenters. The summed E-state index contributed by atoms with van der Waals surface area (Å²) < 4.78 is 3.74. The van der Waals surface area contributed by atoms with Crippen LogP contribution in [0.2, 0.25) is 10.0 Å². The first-order valence-electron chi connectivity index (χ1n) is 10.4. The molecule has 0 radical (unpaired) electrons. The van der Waals surface area contributed by atoms with Gasteiger partial charge in [-0.15, -0.1) is 0 Å². The first-order valence-corrected chi connectivity index (χ1v) is 15.2. The van der Waals surface area contributed by atoms with E-state index >= 15 is 0 Å². The Labute approximate surface area is 172 Å². The predicted octanol–water partition coefficient (Wildman–Crippen LogP) is 6.05. The Balaban J connectivity index is 1.94. The molecule has 2 aromatic rings. The quantitative estimate of drug-likeness (QED) is 0.510. The minimum atomic E-state index is -2.76. The Kier molecular flexibility index (Phi) is 5.34. The summed E-state index contributed by atoms with van der Waals surface area (Å²) in [5.74, 6) is 0.572. The summed E-state index contributed by atoms with van der Waals surface area (Å²) in [6.07, 6.45) is 9.44. The van der Waals surface area contributed by atoms with Crippen LogP contribution >= 0.6 is 0 Å². The maximum absolute atomic E-state index is 2.76. The van der Waals surface area contributed by atoms with Crippen molar-refractivity contribution in [2.45, 2.75) is 37.7 Å². The summed E-state index contributed by atoms with van der Waals surface area (Å²) in [6, 6.07) is 22.9. The molecule has 0 fully saturated rings. The molecule has 1 heteroatoms. The Morgan fingerprint density at radius 3 is 1.50 bits per heavy atom. The molecular weight excluding hydrogens is 397 g/mol. The van der Waals surface area contributed by atoms with Crippen molar-refractivity contribution < 1.29 is 0 Å². The first kappa shape index (κ1) is 19.3. The van der Waals surface area contributed by atoms with Crippen molar-refractivity contribution in [2.75, 3.05) is 0 Å². The summed E-state index contributed by atoms with van der Waals surface area (Å²) in [4.78, 5) is 0. The van der Waals surface area contributed by atoms with Crippen LogP contribution in [0, 0.1) is 5.92 Å². The standard InChI is InChI=1S/C27H30Ge/c1-20-21(2)23(4)27(22(20)3)19-28(26-17-11-12-18-26,24-13-7-5-8-14-24)25-15-9-6-10-16-25/h5-18,26-27H,19H2,1-4H3. The van der Waals surface area contributed by atoms with Crippen LogP contribution in [-0.4, -0.2) is 13.3 Å². The van der Waals surface area contributed by atoms with Crippen molar-refractivity contribution in [1.82, 2.24) is 0 Å². The zero-order valence-corrected chi connectivity index (χ0v) is 19.5. The van der Waals surface area contributed by atoms with Crippen molar-refractivity contribution in [2.24, 2.45) is 5.92 Å². The molecule has 0 spiro atoms. The monoisotopic (exact) mass is 428 g/mol. The van der Waals surface area contributed by atoms with E-state index in [1.165, 1.54) is 16.4 Å². The van der Waals surface area contributed by atoms with Gasteiger partial charge in [0, 0.05) is 0 Å². The molecule has 0 saturated carbocycles. The third kappa shape index (κ3) is 3.08. The van der Waals surface area contributed by atoms with Gasteiger partial charge in [-0.05, 0) is 0 Å². The van der Waals surface area contributed by atoms with Crippen molar-refractivity contribution >= 4 is 22.1 Å². The third-order valence-electron chi connectivity index (χ3n) is 7.21. The summed E-state index contributed by atoms with van der Waals surface area (Å²) in [5, 5.41) is 1.28. The Bertz CT molecular complexity index is 898. The van der Waals surface area contributed by atoms with Gasteiger partial charge in [0.15, 0.2) is 0 Å². The summed E-state index contributed by atoms with van der Waals surface area (Å²) >= 11 is -2.76. The van der Waals surface area contributed by atoms with Crippen LogP contribution in [0.25, 0.3) is 0 Å². The Hall–Kier alpha value is -2.06. The van der Waals surface area contributed by atoms with Crippen LogP contribution in [0.4, 0.5) is 0 Å². The number of hydrogen-bond donors (Lipinski definition) is 0. The summed E-state index contributed by atoms with van der Waals surface area (Å²) in [5.41, 5.74) is 6.19. The van der Waals surface area contributed by atoms with Gasteiger partial charge in [-0.1, -0.05) is 0 Å². The number of rotatable bonds is 5. The second kappa shape index (κ2) is 7.75. The number of hydrogen-bond acceptors (Lipinski definition) is 0. The molecule has 0 heterocycles. The molecule has 28 heavy (non-hydrogen) atoms. The van der Waals surface area contributed by atoms with E-state index in [1.807, 2.05) is 0 Å². The van der Waals surface area contributed by atoms with Gasteiger partial charge in [0.05, 0.1) is 0 Å². The SMILES string of the molecule is CC1=C(C)C([CH2][Ge]([c]2ccccc2)([c]2ccccc2)[CH]2C=CC=C2)C(C)=C1C. The van der Waals surface area contributed by atoms with Gasteiger partial charge >= 0.3 is 173 Å². The predicted molar refractivity (Wildman–Crippen MR) is 125 cm³/mol. The van der Waals surface area contributed by atoms with Gasteiger partial charge in [0.1, 0.15) is 0 Å². The van der Waals surface area contributed by atoms with E-state index in [1.54, 1.807) is 19.9 Å². The zero-order valence-electron chi connectivity index (χ0n) is 17.4. The molecule has 0 aromatic heterocycles. The topological polar surface area (TPSA) is 0 Å². The first-order chi connectivity index (χ1) is 13.6. The van der Waals surface area contributed by atoms with Crippen molar-refractivity contribution in [3.63, 3.8) is 0 Å². The molecule has 0 aliphatic heterocycles.